The van der Waals surface area contributed by atoms with Crippen molar-refractivity contribution in [3.05, 3.63) is 54.6 Å². The van der Waals surface area contributed by atoms with Crippen LogP contribution in [0, 0.1) is 16.2 Å². The number of hydrogen-bond donors (Lipinski definition) is 0. The van der Waals surface area contributed by atoms with Crippen molar-refractivity contribution in [1.29, 1.82) is 0 Å². The van der Waals surface area contributed by atoms with Gasteiger partial charge in [0, 0.05) is 16.0 Å². The number of esters is 1. The van der Waals surface area contributed by atoms with E-state index in [1.807, 2.05) is 32.9 Å². The zero-order chi connectivity index (χ0) is 26.9. The van der Waals surface area contributed by atoms with Crippen LogP contribution in [0.2, 0.25) is 0 Å². The number of hydrogen-bond acceptors (Lipinski definition) is 4. The van der Waals surface area contributed by atoms with Gasteiger partial charge in [0.2, 0.25) is 0 Å². The third-order valence-corrected chi connectivity index (χ3v) is 8.17. The summed E-state index contributed by atoms with van der Waals surface area (Å²) >= 11 is 1.77. The van der Waals surface area contributed by atoms with E-state index in [1.54, 1.807) is 11.3 Å². The minimum absolute atomic E-state index is 0.0163. The lowest BCUT2D eigenvalue weighted by Crippen LogP contribution is -2.47. The predicted octanol–water partition coefficient (Wildman–Crippen LogP) is 9.54. The SMILES string of the molecule is CC(CC(C)(C)OC(=O)C(C)(CC(C)(C)C)C(C)(C)C)Oc1ccc2cc(-c3ccccc3)sc2c1. The average Bonchev–Trinajstić information content (AvgIpc) is 3.15. The molecule has 0 spiro atoms. The highest BCUT2D eigenvalue weighted by molar-refractivity contribution is 7.22. The second-order valence-corrected chi connectivity index (χ2v) is 14.4. The molecule has 3 aromatic rings. The quantitative estimate of drug-likeness (QED) is 0.284. The number of thiophene rings is 1. The van der Waals surface area contributed by atoms with E-state index in [-0.39, 0.29) is 22.9 Å². The van der Waals surface area contributed by atoms with E-state index in [2.05, 4.69) is 90.9 Å². The molecule has 196 valence electrons. The van der Waals surface area contributed by atoms with Crippen LogP contribution in [0.1, 0.15) is 82.1 Å². The van der Waals surface area contributed by atoms with Crippen LogP contribution in [0.15, 0.2) is 54.6 Å². The summed E-state index contributed by atoms with van der Waals surface area (Å²) in [6.45, 7) is 21.0. The maximum absolute atomic E-state index is 13.5. The van der Waals surface area contributed by atoms with Crippen molar-refractivity contribution in [2.24, 2.45) is 16.2 Å². The van der Waals surface area contributed by atoms with E-state index in [9.17, 15) is 4.79 Å². The third-order valence-electron chi connectivity index (χ3n) is 7.02. The highest BCUT2D eigenvalue weighted by Crippen LogP contribution is 2.48. The monoisotopic (exact) mass is 508 g/mol. The molecule has 3 rings (SSSR count). The number of carbonyl (C=O) groups is 1. The maximum atomic E-state index is 13.5. The molecule has 2 unspecified atom stereocenters. The largest absolute Gasteiger partial charge is 0.491 e. The Balaban J connectivity index is 1.69. The van der Waals surface area contributed by atoms with Crippen LogP contribution in [0.25, 0.3) is 20.5 Å². The molecule has 0 saturated carbocycles. The van der Waals surface area contributed by atoms with Crippen molar-refractivity contribution in [3.8, 4) is 16.2 Å². The Morgan fingerprint density at radius 2 is 1.53 bits per heavy atom. The van der Waals surface area contributed by atoms with Crippen LogP contribution in [-0.2, 0) is 9.53 Å². The topological polar surface area (TPSA) is 35.5 Å². The molecule has 0 saturated heterocycles. The molecule has 36 heavy (non-hydrogen) atoms. The molecule has 3 nitrogen and oxygen atoms in total. The lowest BCUT2D eigenvalue weighted by molar-refractivity contribution is -0.180. The van der Waals surface area contributed by atoms with Crippen molar-refractivity contribution >= 4 is 27.4 Å². The first-order valence-corrected chi connectivity index (χ1v) is 13.8. The van der Waals surface area contributed by atoms with Crippen LogP contribution in [0.3, 0.4) is 0 Å². The van der Waals surface area contributed by atoms with Gasteiger partial charge in [-0.05, 0) is 80.2 Å². The van der Waals surface area contributed by atoms with Gasteiger partial charge in [-0.2, -0.15) is 0 Å². The van der Waals surface area contributed by atoms with Crippen molar-refractivity contribution < 1.29 is 14.3 Å². The van der Waals surface area contributed by atoms with Crippen LogP contribution >= 0.6 is 11.3 Å². The Labute approximate surface area is 222 Å². The van der Waals surface area contributed by atoms with E-state index in [4.69, 9.17) is 9.47 Å². The normalized spacial score (nSPS) is 15.4. The van der Waals surface area contributed by atoms with Gasteiger partial charge in [-0.1, -0.05) is 71.9 Å². The fourth-order valence-corrected chi connectivity index (χ4v) is 6.00. The van der Waals surface area contributed by atoms with Crippen LogP contribution < -0.4 is 4.74 Å². The molecule has 0 amide bonds. The molecule has 0 N–H and O–H groups in total. The first-order valence-electron chi connectivity index (χ1n) is 13.0. The van der Waals surface area contributed by atoms with Crippen LogP contribution in [-0.4, -0.2) is 17.7 Å². The first-order chi connectivity index (χ1) is 16.5. The number of benzene rings is 2. The minimum atomic E-state index is -0.644. The van der Waals surface area contributed by atoms with Crippen molar-refractivity contribution in [2.45, 2.75) is 93.8 Å². The highest BCUT2D eigenvalue weighted by Gasteiger charge is 2.49. The molecule has 0 aliphatic rings. The number of fused-ring (bicyclic) bond motifs is 1. The van der Waals surface area contributed by atoms with Crippen LogP contribution in [0.4, 0.5) is 0 Å². The molecule has 0 aliphatic heterocycles. The zero-order valence-electron chi connectivity index (χ0n) is 23.8. The standard InChI is InChI=1S/C32H44O3S/c1-22(20-31(8,9)35-28(33)32(10,30(5,6)7)21-29(2,3)4)34-25-17-16-24-18-26(36-27(24)19-25)23-14-12-11-13-15-23/h11-19,22H,20-21H2,1-10H3. The van der Waals surface area contributed by atoms with Gasteiger partial charge in [0.05, 0.1) is 11.5 Å². The van der Waals surface area contributed by atoms with Gasteiger partial charge in [-0.3, -0.25) is 4.79 Å². The van der Waals surface area contributed by atoms with Crippen LogP contribution in [0.5, 0.6) is 5.75 Å². The molecule has 0 aliphatic carbocycles. The van der Waals surface area contributed by atoms with E-state index >= 15 is 0 Å². The van der Waals surface area contributed by atoms with E-state index in [0.29, 0.717) is 6.42 Å². The minimum Gasteiger partial charge on any atom is -0.491 e. The molecule has 1 aromatic heterocycles. The zero-order valence-corrected chi connectivity index (χ0v) is 24.6. The summed E-state index contributed by atoms with van der Waals surface area (Å²) in [5, 5.41) is 1.22. The Hall–Kier alpha value is -2.33. The number of carbonyl (C=O) groups excluding carboxylic acids is 1. The summed E-state index contributed by atoms with van der Waals surface area (Å²) in [6, 6.07) is 18.9. The summed E-state index contributed by atoms with van der Waals surface area (Å²) in [5.74, 6) is 0.710. The Morgan fingerprint density at radius 1 is 0.889 bits per heavy atom. The molecule has 2 atom stereocenters. The lowest BCUT2D eigenvalue weighted by Gasteiger charge is -2.45. The Kier molecular flexibility index (Phi) is 8.01. The maximum Gasteiger partial charge on any atom is 0.312 e. The van der Waals surface area contributed by atoms with Gasteiger partial charge in [0.25, 0.3) is 0 Å². The fourth-order valence-electron chi connectivity index (χ4n) is 4.91. The first kappa shape index (κ1) is 28.2. The second-order valence-electron chi connectivity index (χ2n) is 13.3. The second kappa shape index (κ2) is 10.2. The smallest absolute Gasteiger partial charge is 0.312 e. The molecule has 0 fully saturated rings. The molecule has 1 heterocycles. The molecular formula is C32H44O3S. The summed E-state index contributed by atoms with van der Waals surface area (Å²) in [6.07, 6.45) is 1.25. The number of rotatable bonds is 8. The predicted molar refractivity (Wildman–Crippen MR) is 154 cm³/mol. The lowest BCUT2D eigenvalue weighted by atomic mass is 9.61. The molecule has 0 radical (unpaired) electrons. The van der Waals surface area contributed by atoms with E-state index < -0.39 is 11.0 Å². The van der Waals surface area contributed by atoms with Crippen molar-refractivity contribution in [2.75, 3.05) is 0 Å². The Bertz CT molecular complexity index is 1180. The van der Waals surface area contributed by atoms with Gasteiger partial charge in [0.15, 0.2) is 0 Å². The summed E-state index contributed by atoms with van der Waals surface area (Å²) in [5.41, 5.74) is -0.208. The van der Waals surface area contributed by atoms with E-state index in [1.165, 1.54) is 20.5 Å². The third kappa shape index (κ3) is 6.91. The Morgan fingerprint density at radius 3 is 2.11 bits per heavy atom. The summed E-state index contributed by atoms with van der Waals surface area (Å²) in [4.78, 5) is 14.8. The molecule has 2 aromatic carbocycles. The van der Waals surface area contributed by atoms with Gasteiger partial charge < -0.3 is 9.47 Å². The van der Waals surface area contributed by atoms with Gasteiger partial charge >= 0.3 is 5.97 Å². The van der Waals surface area contributed by atoms with Crippen molar-refractivity contribution in [3.63, 3.8) is 0 Å². The highest BCUT2D eigenvalue weighted by atomic mass is 32.1. The fraction of sp³-hybridized carbons (Fsp3) is 0.531. The van der Waals surface area contributed by atoms with Gasteiger partial charge in [0.1, 0.15) is 11.4 Å². The summed E-state index contributed by atoms with van der Waals surface area (Å²) in [7, 11) is 0. The van der Waals surface area contributed by atoms with Gasteiger partial charge in [-0.25, -0.2) is 0 Å². The molecule has 0 bridgehead atoms. The van der Waals surface area contributed by atoms with Crippen molar-refractivity contribution in [1.82, 2.24) is 0 Å². The van der Waals surface area contributed by atoms with E-state index in [0.717, 1.165) is 12.2 Å². The average molecular weight is 509 g/mol. The van der Waals surface area contributed by atoms with Gasteiger partial charge in [-0.15, -0.1) is 11.3 Å². The number of ether oxygens (including phenoxy) is 2. The summed E-state index contributed by atoms with van der Waals surface area (Å²) < 4.78 is 13.7. The molecular weight excluding hydrogens is 464 g/mol. The molecule has 4 heteroatoms.